The van der Waals surface area contributed by atoms with E-state index in [0.29, 0.717) is 5.56 Å². The average Bonchev–Trinajstić information content (AvgIpc) is 2.26. The highest BCUT2D eigenvalue weighted by atomic mass is 16.6. The van der Waals surface area contributed by atoms with Crippen molar-refractivity contribution in [1.82, 2.24) is 15.3 Å². The van der Waals surface area contributed by atoms with Gasteiger partial charge in [0.2, 0.25) is 0 Å². The van der Waals surface area contributed by atoms with Gasteiger partial charge >= 0.3 is 12.1 Å². The lowest BCUT2D eigenvalue weighted by Crippen LogP contribution is -2.34. The minimum atomic E-state index is -1.28. The monoisotopic (exact) mass is 265 g/mol. The average molecular weight is 265 g/mol. The van der Waals surface area contributed by atoms with Crippen LogP contribution in [0.5, 0.6) is 0 Å². The van der Waals surface area contributed by atoms with Crippen LogP contribution in [0.15, 0.2) is 24.4 Å². The Labute approximate surface area is 110 Å². The maximum absolute atomic E-state index is 11.5. The van der Waals surface area contributed by atoms with E-state index in [2.05, 4.69) is 15.3 Å². The molecule has 0 atom stereocenters. The fourth-order valence-corrected chi connectivity index (χ4v) is 1.12. The summed E-state index contributed by atoms with van der Waals surface area (Å²) in [5.41, 5.74) is -0.566. The number of amides is 1. The standard InChI is InChI=1S/C12H15N3O4/c1-12(2,3)19-11(18)15-9(10(16)17)4-8-5-13-7-14-6-8/h4-7H,1-3H3,(H,15,18)(H,16,17). The van der Waals surface area contributed by atoms with Gasteiger partial charge in [-0.15, -0.1) is 0 Å². The number of carboxylic acid groups (broad SMARTS) is 1. The first kappa shape index (κ1) is 14.6. The summed E-state index contributed by atoms with van der Waals surface area (Å²) in [5, 5.41) is 11.2. The third kappa shape index (κ3) is 5.62. The third-order valence-electron chi connectivity index (χ3n) is 1.76. The number of carbonyl (C=O) groups is 2. The van der Waals surface area contributed by atoms with E-state index in [0.717, 1.165) is 0 Å². The second kappa shape index (κ2) is 5.94. The van der Waals surface area contributed by atoms with Gasteiger partial charge < -0.3 is 9.84 Å². The Kier molecular flexibility index (Phi) is 4.57. The van der Waals surface area contributed by atoms with Crippen LogP contribution in [0, 0.1) is 0 Å². The zero-order chi connectivity index (χ0) is 14.5. The minimum absolute atomic E-state index is 0.316. The van der Waals surface area contributed by atoms with Crippen LogP contribution in [-0.2, 0) is 9.53 Å². The largest absolute Gasteiger partial charge is 0.477 e. The molecule has 7 heteroatoms. The topological polar surface area (TPSA) is 101 Å². The Hall–Kier alpha value is -2.44. The lowest BCUT2D eigenvalue weighted by atomic mass is 10.2. The second-order valence-electron chi connectivity index (χ2n) is 4.66. The van der Waals surface area contributed by atoms with E-state index in [-0.39, 0.29) is 5.70 Å². The van der Waals surface area contributed by atoms with Gasteiger partial charge in [-0.05, 0) is 26.8 Å². The molecule has 1 aromatic heterocycles. The van der Waals surface area contributed by atoms with Gasteiger partial charge in [0, 0.05) is 18.0 Å². The van der Waals surface area contributed by atoms with Gasteiger partial charge in [-0.3, -0.25) is 5.32 Å². The Balaban J connectivity index is 2.83. The molecule has 0 saturated carbocycles. The lowest BCUT2D eigenvalue weighted by Gasteiger charge is -2.19. The first-order valence-corrected chi connectivity index (χ1v) is 5.48. The van der Waals surface area contributed by atoms with E-state index in [1.54, 1.807) is 20.8 Å². The Morgan fingerprint density at radius 3 is 2.37 bits per heavy atom. The highest BCUT2D eigenvalue weighted by molar-refractivity contribution is 5.95. The van der Waals surface area contributed by atoms with Gasteiger partial charge in [0.25, 0.3) is 0 Å². The highest BCUT2D eigenvalue weighted by Crippen LogP contribution is 2.08. The molecule has 0 fully saturated rings. The van der Waals surface area contributed by atoms with Crippen LogP contribution in [0.3, 0.4) is 0 Å². The number of ether oxygens (including phenoxy) is 1. The maximum Gasteiger partial charge on any atom is 0.412 e. The van der Waals surface area contributed by atoms with Gasteiger partial charge in [0.15, 0.2) is 0 Å². The van der Waals surface area contributed by atoms with Crippen LogP contribution < -0.4 is 5.32 Å². The van der Waals surface area contributed by atoms with Crippen molar-refractivity contribution in [3.63, 3.8) is 0 Å². The molecule has 0 aliphatic rings. The van der Waals surface area contributed by atoms with Gasteiger partial charge in [0.05, 0.1) is 0 Å². The van der Waals surface area contributed by atoms with E-state index in [9.17, 15) is 9.59 Å². The van der Waals surface area contributed by atoms with E-state index >= 15 is 0 Å². The normalized spacial score (nSPS) is 11.8. The molecule has 0 aliphatic heterocycles. The molecule has 7 nitrogen and oxygen atoms in total. The molecule has 0 saturated heterocycles. The molecule has 2 N–H and O–H groups in total. The van der Waals surface area contributed by atoms with Crippen LogP contribution >= 0.6 is 0 Å². The van der Waals surface area contributed by atoms with Gasteiger partial charge in [-0.25, -0.2) is 19.6 Å². The number of nitrogens with zero attached hydrogens (tertiary/aromatic N) is 2. The summed E-state index contributed by atoms with van der Waals surface area (Å²) in [5.74, 6) is -1.28. The zero-order valence-corrected chi connectivity index (χ0v) is 10.9. The number of nitrogens with one attached hydrogen (secondary N) is 1. The summed E-state index contributed by atoms with van der Waals surface area (Å²) in [6, 6.07) is 0. The van der Waals surface area contributed by atoms with Gasteiger partial charge in [0.1, 0.15) is 17.6 Å². The fourth-order valence-electron chi connectivity index (χ4n) is 1.12. The minimum Gasteiger partial charge on any atom is -0.477 e. The molecule has 1 heterocycles. The predicted molar refractivity (Wildman–Crippen MR) is 67.0 cm³/mol. The number of carboxylic acids is 1. The smallest absolute Gasteiger partial charge is 0.412 e. The summed E-state index contributed by atoms with van der Waals surface area (Å²) < 4.78 is 4.97. The maximum atomic E-state index is 11.5. The summed E-state index contributed by atoms with van der Waals surface area (Å²) in [4.78, 5) is 30.0. The molecular formula is C12H15N3O4. The van der Waals surface area contributed by atoms with Crippen LogP contribution in [0.1, 0.15) is 26.3 Å². The van der Waals surface area contributed by atoms with Gasteiger partial charge in [-0.2, -0.15) is 0 Å². The molecule has 0 radical (unpaired) electrons. The molecule has 1 rings (SSSR count). The summed E-state index contributed by atoms with van der Waals surface area (Å²) >= 11 is 0. The molecule has 102 valence electrons. The van der Waals surface area contributed by atoms with Crippen LogP contribution in [-0.4, -0.2) is 32.7 Å². The summed E-state index contributed by atoms with van der Waals surface area (Å²) in [6.45, 7) is 5.05. The SMILES string of the molecule is CC(C)(C)OC(=O)NC(=Cc1cncnc1)C(=O)O. The second-order valence-corrected chi connectivity index (χ2v) is 4.66. The molecule has 0 unspecified atom stereocenters. The molecule has 0 aromatic carbocycles. The zero-order valence-electron chi connectivity index (χ0n) is 10.9. The van der Waals surface area contributed by atoms with Crippen molar-refractivity contribution >= 4 is 18.1 Å². The number of aliphatic carboxylic acids is 1. The first-order valence-electron chi connectivity index (χ1n) is 5.48. The van der Waals surface area contributed by atoms with Crippen molar-refractivity contribution in [3.05, 3.63) is 30.0 Å². The first-order chi connectivity index (χ1) is 8.78. The van der Waals surface area contributed by atoms with Crippen molar-refractivity contribution in [2.24, 2.45) is 0 Å². The molecule has 0 bridgehead atoms. The molecular weight excluding hydrogens is 250 g/mol. The highest BCUT2D eigenvalue weighted by Gasteiger charge is 2.19. The Morgan fingerprint density at radius 2 is 1.89 bits per heavy atom. The third-order valence-corrected chi connectivity index (χ3v) is 1.76. The van der Waals surface area contributed by atoms with Crippen LogP contribution in [0.2, 0.25) is 0 Å². The number of hydrogen-bond donors (Lipinski definition) is 2. The van der Waals surface area contributed by atoms with E-state index in [1.165, 1.54) is 24.8 Å². The number of aromatic nitrogens is 2. The Bertz CT molecular complexity index is 491. The summed E-state index contributed by atoms with van der Waals surface area (Å²) in [6.07, 6.45) is 4.57. The molecule has 19 heavy (non-hydrogen) atoms. The number of alkyl carbamates (subject to hydrolysis) is 1. The van der Waals surface area contributed by atoms with Crippen molar-refractivity contribution in [3.8, 4) is 0 Å². The Morgan fingerprint density at radius 1 is 1.32 bits per heavy atom. The van der Waals surface area contributed by atoms with E-state index in [4.69, 9.17) is 9.84 Å². The molecule has 0 spiro atoms. The molecule has 1 amide bonds. The lowest BCUT2D eigenvalue weighted by molar-refractivity contribution is -0.133. The van der Waals surface area contributed by atoms with Crippen LogP contribution in [0.25, 0.3) is 6.08 Å². The predicted octanol–water partition coefficient (Wildman–Crippen LogP) is 1.43. The van der Waals surface area contributed by atoms with Crippen LogP contribution in [0.4, 0.5) is 4.79 Å². The molecule has 1 aromatic rings. The van der Waals surface area contributed by atoms with Crippen molar-refractivity contribution < 1.29 is 19.4 Å². The van der Waals surface area contributed by atoms with E-state index in [1.807, 2.05) is 0 Å². The van der Waals surface area contributed by atoms with E-state index < -0.39 is 17.7 Å². The number of hydrogen-bond acceptors (Lipinski definition) is 5. The van der Waals surface area contributed by atoms with Gasteiger partial charge in [-0.1, -0.05) is 0 Å². The summed E-state index contributed by atoms with van der Waals surface area (Å²) in [7, 11) is 0. The van der Waals surface area contributed by atoms with Crippen molar-refractivity contribution in [2.45, 2.75) is 26.4 Å². The molecule has 0 aliphatic carbocycles. The number of carbonyl (C=O) groups excluding carboxylic acids is 1. The number of rotatable bonds is 3. The quantitative estimate of drug-likeness (QED) is 0.801. The van der Waals surface area contributed by atoms with Crippen molar-refractivity contribution in [2.75, 3.05) is 0 Å². The van der Waals surface area contributed by atoms with Crippen molar-refractivity contribution in [1.29, 1.82) is 0 Å². The fraction of sp³-hybridized carbons (Fsp3) is 0.333.